The third kappa shape index (κ3) is 3.61. The van der Waals surface area contributed by atoms with Crippen molar-refractivity contribution in [3.8, 4) is 11.3 Å². The lowest BCUT2D eigenvalue weighted by Crippen LogP contribution is -2.36. The van der Waals surface area contributed by atoms with Crippen molar-refractivity contribution in [1.82, 2.24) is 14.9 Å². The first-order valence-corrected chi connectivity index (χ1v) is 8.13. The predicted molar refractivity (Wildman–Crippen MR) is 93.7 cm³/mol. The molecule has 2 heterocycles. The van der Waals surface area contributed by atoms with Crippen LogP contribution in [0.25, 0.3) is 11.3 Å². The predicted octanol–water partition coefficient (Wildman–Crippen LogP) is 4.46. The van der Waals surface area contributed by atoms with Gasteiger partial charge in [0.1, 0.15) is 11.4 Å². The van der Waals surface area contributed by atoms with Crippen molar-refractivity contribution < 1.29 is 15.0 Å². The average Bonchev–Trinajstić information content (AvgIpc) is 3.26. The second kappa shape index (κ2) is 6.30. The van der Waals surface area contributed by atoms with Crippen LogP contribution in [0, 0.1) is 6.92 Å². The van der Waals surface area contributed by atoms with Gasteiger partial charge < -0.3 is 9.72 Å². The SMILES string of the molecule is [2H]c1c([2H])c(-c2cnc([C@@H]3CCCN3C(=O)OC(C)(C)C)[nH]2)c([2H])c([2H])c1C. The summed E-state index contributed by atoms with van der Waals surface area (Å²) >= 11 is 0. The van der Waals surface area contributed by atoms with Crippen molar-refractivity contribution in [2.24, 2.45) is 0 Å². The highest BCUT2D eigenvalue weighted by atomic mass is 16.6. The third-order valence-electron chi connectivity index (χ3n) is 3.81. The molecule has 5 heteroatoms. The summed E-state index contributed by atoms with van der Waals surface area (Å²) in [4.78, 5) is 21.6. The van der Waals surface area contributed by atoms with Gasteiger partial charge in [-0.2, -0.15) is 0 Å². The number of hydrogen-bond donors (Lipinski definition) is 1. The van der Waals surface area contributed by atoms with Gasteiger partial charge in [0.15, 0.2) is 0 Å². The van der Waals surface area contributed by atoms with Crippen molar-refractivity contribution in [3.05, 3.63) is 41.8 Å². The maximum Gasteiger partial charge on any atom is 0.410 e. The number of imidazole rings is 1. The monoisotopic (exact) mass is 331 g/mol. The minimum atomic E-state index is -0.588. The zero-order valence-electron chi connectivity index (χ0n) is 18.5. The van der Waals surface area contributed by atoms with E-state index in [4.69, 9.17) is 10.2 Å². The lowest BCUT2D eigenvalue weighted by atomic mass is 10.1. The quantitative estimate of drug-likeness (QED) is 0.884. The number of carbonyl (C=O) groups is 1. The van der Waals surface area contributed by atoms with Gasteiger partial charge in [-0.3, -0.25) is 4.90 Å². The second-order valence-electron chi connectivity index (χ2n) is 7.01. The van der Waals surface area contributed by atoms with Gasteiger partial charge in [-0.05, 0) is 46.1 Å². The molecule has 1 aromatic heterocycles. The smallest absolute Gasteiger partial charge is 0.410 e. The highest BCUT2D eigenvalue weighted by Gasteiger charge is 2.34. The molecule has 2 aromatic rings. The van der Waals surface area contributed by atoms with Crippen molar-refractivity contribution in [2.45, 2.75) is 52.2 Å². The summed E-state index contributed by atoms with van der Waals surface area (Å²) in [5, 5.41) is 0. The average molecular weight is 331 g/mol. The molecular formula is C19H25N3O2. The zero-order chi connectivity index (χ0) is 20.8. The highest BCUT2D eigenvalue weighted by molar-refractivity contribution is 5.69. The summed E-state index contributed by atoms with van der Waals surface area (Å²) < 4.78 is 38.0. The van der Waals surface area contributed by atoms with Crippen LogP contribution in [0.3, 0.4) is 0 Å². The van der Waals surface area contributed by atoms with Crippen LogP contribution in [-0.2, 0) is 4.74 Å². The molecule has 1 aliphatic heterocycles. The van der Waals surface area contributed by atoms with Gasteiger partial charge in [0, 0.05) is 6.54 Å². The molecule has 0 spiro atoms. The van der Waals surface area contributed by atoms with Gasteiger partial charge in [-0.1, -0.05) is 29.7 Å². The molecular weight excluding hydrogens is 302 g/mol. The molecule has 1 saturated heterocycles. The minimum Gasteiger partial charge on any atom is -0.444 e. The Morgan fingerprint density at radius 3 is 2.75 bits per heavy atom. The van der Waals surface area contributed by atoms with Crippen LogP contribution in [0.5, 0.6) is 0 Å². The van der Waals surface area contributed by atoms with Gasteiger partial charge >= 0.3 is 6.09 Å². The van der Waals surface area contributed by atoms with E-state index in [9.17, 15) is 4.79 Å². The van der Waals surface area contributed by atoms with Gasteiger partial charge in [-0.25, -0.2) is 9.78 Å². The number of aromatic nitrogens is 2. The number of amides is 1. The number of benzene rings is 1. The summed E-state index contributed by atoms with van der Waals surface area (Å²) in [7, 11) is 0. The maximum atomic E-state index is 12.5. The summed E-state index contributed by atoms with van der Waals surface area (Å²) in [5.74, 6) is 0.552. The number of ether oxygens (including phenoxy) is 1. The molecule has 5 nitrogen and oxygen atoms in total. The fourth-order valence-electron chi connectivity index (χ4n) is 2.73. The summed E-state index contributed by atoms with van der Waals surface area (Å²) in [6, 6.07) is -0.622. The highest BCUT2D eigenvalue weighted by Crippen LogP contribution is 2.32. The van der Waals surface area contributed by atoms with Crippen LogP contribution < -0.4 is 0 Å². The largest absolute Gasteiger partial charge is 0.444 e. The van der Waals surface area contributed by atoms with Gasteiger partial charge in [0.05, 0.1) is 23.4 Å². The van der Waals surface area contributed by atoms with Crippen LogP contribution in [0.4, 0.5) is 4.79 Å². The van der Waals surface area contributed by atoms with E-state index in [0.29, 0.717) is 23.6 Å². The lowest BCUT2D eigenvalue weighted by molar-refractivity contribution is 0.0219. The molecule has 0 bridgehead atoms. The van der Waals surface area contributed by atoms with E-state index in [2.05, 4.69) is 9.97 Å². The van der Waals surface area contributed by atoms with Crippen LogP contribution >= 0.6 is 0 Å². The van der Waals surface area contributed by atoms with E-state index in [1.54, 1.807) is 11.8 Å². The Kier molecular flexibility index (Phi) is 3.18. The van der Waals surface area contributed by atoms with Gasteiger partial charge in [0.2, 0.25) is 0 Å². The van der Waals surface area contributed by atoms with Gasteiger partial charge in [0.25, 0.3) is 0 Å². The number of aromatic amines is 1. The molecule has 1 atom stereocenters. The first-order valence-electron chi connectivity index (χ1n) is 10.1. The molecule has 128 valence electrons. The first kappa shape index (κ1) is 12.1. The van der Waals surface area contributed by atoms with Crippen molar-refractivity contribution in [1.29, 1.82) is 0 Å². The minimum absolute atomic E-state index is 0.0663. The van der Waals surface area contributed by atoms with Crippen LogP contribution in [0.15, 0.2) is 30.4 Å². The topological polar surface area (TPSA) is 58.2 Å². The molecule has 0 saturated carbocycles. The van der Waals surface area contributed by atoms with Gasteiger partial charge in [-0.15, -0.1) is 0 Å². The van der Waals surface area contributed by atoms with E-state index in [-0.39, 0.29) is 35.8 Å². The Balaban J connectivity index is 1.94. The Labute approximate surface area is 148 Å². The van der Waals surface area contributed by atoms with E-state index < -0.39 is 11.7 Å². The van der Waals surface area contributed by atoms with E-state index in [1.807, 2.05) is 20.8 Å². The number of rotatable bonds is 2. The summed E-state index contributed by atoms with van der Waals surface area (Å²) in [5.41, 5.74) is 0.310. The van der Waals surface area contributed by atoms with Crippen LogP contribution in [0.2, 0.25) is 0 Å². The Hall–Kier alpha value is -2.30. The third-order valence-corrected chi connectivity index (χ3v) is 3.81. The molecule has 0 unspecified atom stereocenters. The number of likely N-dealkylation sites (tertiary alicyclic amines) is 1. The Bertz CT molecular complexity index is 892. The summed E-state index contributed by atoms with van der Waals surface area (Å²) in [6.45, 7) is 7.60. The number of carbonyl (C=O) groups excluding carboxylic acids is 1. The van der Waals surface area contributed by atoms with Crippen molar-refractivity contribution in [3.63, 3.8) is 0 Å². The number of nitrogens with one attached hydrogen (secondary N) is 1. The zero-order valence-corrected chi connectivity index (χ0v) is 14.5. The Morgan fingerprint density at radius 1 is 1.38 bits per heavy atom. The van der Waals surface area contributed by atoms with Crippen LogP contribution in [0.1, 0.15) is 56.5 Å². The van der Waals surface area contributed by atoms with E-state index in [1.165, 1.54) is 6.20 Å². The fraction of sp³-hybridized carbons (Fsp3) is 0.474. The van der Waals surface area contributed by atoms with Crippen molar-refractivity contribution >= 4 is 6.09 Å². The molecule has 0 radical (unpaired) electrons. The molecule has 3 rings (SSSR count). The lowest BCUT2D eigenvalue weighted by Gasteiger charge is -2.27. The number of hydrogen-bond acceptors (Lipinski definition) is 3. The number of H-pyrrole nitrogens is 1. The van der Waals surface area contributed by atoms with E-state index in [0.717, 1.165) is 12.8 Å². The summed E-state index contributed by atoms with van der Waals surface area (Å²) in [6.07, 6.45) is 2.66. The second-order valence-corrected chi connectivity index (χ2v) is 7.01. The standard InChI is InChI=1S/C19H25N3O2/c1-13-7-9-14(10-8-13)15-12-20-17(21-15)16-6-5-11-22(16)18(23)24-19(2,3)4/h7-10,12,16H,5-6,11H2,1-4H3,(H,20,21)/t16-/m0/s1/i7D,8D,9D,10D. The molecule has 1 amide bonds. The normalized spacial score (nSPS) is 20.3. The Morgan fingerprint density at radius 2 is 2.08 bits per heavy atom. The molecule has 1 aromatic carbocycles. The molecule has 0 aliphatic carbocycles. The molecule has 24 heavy (non-hydrogen) atoms. The molecule has 1 aliphatic rings. The maximum absolute atomic E-state index is 12.5. The molecule has 1 fully saturated rings. The van der Waals surface area contributed by atoms with Crippen LogP contribution in [-0.4, -0.2) is 33.1 Å². The van der Waals surface area contributed by atoms with Crippen molar-refractivity contribution in [2.75, 3.05) is 6.54 Å². The molecule has 1 N–H and O–H groups in total. The fourth-order valence-corrected chi connectivity index (χ4v) is 2.73. The first-order chi connectivity index (χ1) is 13.0. The number of nitrogens with zero attached hydrogens (tertiary/aromatic N) is 2. The van der Waals surface area contributed by atoms with E-state index >= 15 is 0 Å².